The smallest absolute Gasteiger partial charge is 0.257 e. The van der Waals surface area contributed by atoms with Gasteiger partial charge in [0.05, 0.1) is 6.61 Å². The third kappa shape index (κ3) is 4.90. The lowest BCUT2D eigenvalue weighted by Crippen LogP contribution is -2.25. The van der Waals surface area contributed by atoms with E-state index in [1.54, 1.807) is 24.3 Å². The minimum Gasteiger partial charge on any atom is -0.352 e. The topological polar surface area (TPSA) is 72.5 Å². The Hall–Kier alpha value is -1.40. The number of amides is 1. The summed E-state index contributed by atoms with van der Waals surface area (Å²) in [4.78, 5) is 11.5. The van der Waals surface area contributed by atoms with Gasteiger partial charge >= 0.3 is 0 Å². The van der Waals surface area contributed by atoms with Crippen LogP contribution in [0.15, 0.2) is 30.3 Å². The summed E-state index contributed by atoms with van der Waals surface area (Å²) in [6.07, 6.45) is 0.460. The van der Waals surface area contributed by atoms with Gasteiger partial charge in [0.25, 0.3) is 16.9 Å². The fourth-order valence-electron chi connectivity index (χ4n) is 1.10. The highest BCUT2D eigenvalue weighted by molar-refractivity contribution is 7.67. The van der Waals surface area contributed by atoms with Gasteiger partial charge in [-0.15, -0.1) is 0 Å². The van der Waals surface area contributed by atoms with Gasteiger partial charge in [0.2, 0.25) is 0 Å². The maximum absolute atomic E-state index is 11.5. The molecular weight excluding hydrogens is 230 g/mol. The standard InChI is InChI=1S/C10H13NO4S/c12-10(9-5-2-1-3-6-9)11-7-4-8-15-16(13)14/h1-3,5-6,16H,4,7-8H2,(H,11,12). The fraction of sp³-hybridized carbons (Fsp3) is 0.300. The average molecular weight is 243 g/mol. The van der Waals surface area contributed by atoms with Gasteiger partial charge in [-0.25, -0.2) is 8.42 Å². The molecule has 0 aromatic heterocycles. The first-order chi connectivity index (χ1) is 7.70. The van der Waals surface area contributed by atoms with Crippen molar-refractivity contribution in [3.05, 3.63) is 35.9 Å². The van der Waals surface area contributed by atoms with Crippen LogP contribution in [-0.4, -0.2) is 27.5 Å². The first kappa shape index (κ1) is 12.7. The minimum atomic E-state index is -2.79. The molecule has 1 aromatic rings. The number of nitrogens with one attached hydrogen (secondary N) is 1. The van der Waals surface area contributed by atoms with Crippen LogP contribution in [0.25, 0.3) is 0 Å². The fourth-order valence-corrected chi connectivity index (χ4v) is 1.38. The largest absolute Gasteiger partial charge is 0.352 e. The van der Waals surface area contributed by atoms with E-state index in [0.29, 0.717) is 18.5 Å². The number of carbonyl (C=O) groups is 1. The van der Waals surface area contributed by atoms with Gasteiger partial charge in [0.15, 0.2) is 0 Å². The zero-order valence-corrected chi connectivity index (χ0v) is 9.48. The highest BCUT2D eigenvalue weighted by Gasteiger charge is 2.02. The molecule has 0 aliphatic rings. The Kier molecular flexibility index (Phi) is 5.52. The molecule has 0 bridgehead atoms. The SMILES string of the molecule is O=C(NCCCO[SH](=O)=O)c1ccccc1. The second kappa shape index (κ2) is 6.97. The van der Waals surface area contributed by atoms with Gasteiger partial charge in [-0.3, -0.25) is 8.98 Å². The van der Waals surface area contributed by atoms with Gasteiger partial charge in [-0.2, -0.15) is 0 Å². The lowest BCUT2D eigenvalue weighted by Gasteiger charge is -2.03. The molecule has 0 aliphatic carbocycles. The van der Waals surface area contributed by atoms with Crippen LogP contribution in [0.4, 0.5) is 0 Å². The van der Waals surface area contributed by atoms with Crippen LogP contribution in [0, 0.1) is 0 Å². The van der Waals surface area contributed by atoms with Gasteiger partial charge in [-0.1, -0.05) is 18.2 Å². The summed E-state index contributed by atoms with van der Waals surface area (Å²) in [5, 5.41) is 2.66. The molecule has 88 valence electrons. The zero-order valence-electron chi connectivity index (χ0n) is 8.59. The van der Waals surface area contributed by atoms with Crippen LogP contribution in [-0.2, 0) is 15.2 Å². The van der Waals surface area contributed by atoms with Gasteiger partial charge < -0.3 is 5.32 Å². The van der Waals surface area contributed by atoms with Crippen LogP contribution in [0.2, 0.25) is 0 Å². The van der Waals surface area contributed by atoms with E-state index in [2.05, 4.69) is 9.50 Å². The molecule has 5 nitrogen and oxygen atoms in total. The molecular formula is C10H13NO4S. The molecule has 0 heterocycles. The molecule has 0 saturated carbocycles. The predicted octanol–water partition coefficient (Wildman–Crippen LogP) is 0.350. The van der Waals surface area contributed by atoms with E-state index in [1.807, 2.05) is 6.07 Å². The van der Waals surface area contributed by atoms with E-state index in [0.717, 1.165) is 0 Å². The quantitative estimate of drug-likeness (QED) is 0.558. The maximum atomic E-state index is 11.5. The van der Waals surface area contributed by atoms with Crippen LogP contribution >= 0.6 is 0 Å². The minimum absolute atomic E-state index is 0.0910. The molecule has 16 heavy (non-hydrogen) atoms. The zero-order chi connectivity index (χ0) is 11.8. The van der Waals surface area contributed by atoms with Crippen LogP contribution < -0.4 is 5.32 Å². The number of benzene rings is 1. The third-order valence-electron chi connectivity index (χ3n) is 1.84. The number of thiol groups is 1. The van der Waals surface area contributed by atoms with Crippen molar-refractivity contribution >= 4 is 16.9 Å². The summed E-state index contributed by atoms with van der Waals surface area (Å²) in [6, 6.07) is 8.80. The predicted molar refractivity (Wildman–Crippen MR) is 59.7 cm³/mol. The molecule has 0 unspecified atom stereocenters. The van der Waals surface area contributed by atoms with Crippen molar-refractivity contribution in [3.8, 4) is 0 Å². The van der Waals surface area contributed by atoms with Crippen molar-refractivity contribution in [2.45, 2.75) is 6.42 Å². The van der Waals surface area contributed by atoms with Crippen molar-refractivity contribution in [3.63, 3.8) is 0 Å². The second-order valence-corrected chi connectivity index (χ2v) is 3.74. The molecule has 1 N–H and O–H groups in total. The van der Waals surface area contributed by atoms with Crippen molar-refractivity contribution in [2.75, 3.05) is 13.2 Å². The number of carbonyl (C=O) groups excluding carboxylic acids is 1. The van der Waals surface area contributed by atoms with E-state index in [4.69, 9.17) is 0 Å². The van der Waals surface area contributed by atoms with E-state index in [9.17, 15) is 13.2 Å². The Morgan fingerprint density at radius 2 is 1.94 bits per heavy atom. The van der Waals surface area contributed by atoms with E-state index in [-0.39, 0.29) is 12.5 Å². The Morgan fingerprint density at radius 3 is 2.56 bits per heavy atom. The van der Waals surface area contributed by atoms with Crippen molar-refractivity contribution in [2.24, 2.45) is 0 Å². The summed E-state index contributed by atoms with van der Waals surface area (Å²) in [6.45, 7) is 0.477. The van der Waals surface area contributed by atoms with E-state index in [1.165, 1.54) is 0 Å². The molecule has 0 spiro atoms. The first-order valence-corrected chi connectivity index (χ1v) is 5.90. The summed E-state index contributed by atoms with van der Waals surface area (Å²) >= 11 is 0. The highest BCUT2D eigenvalue weighted by atomic mass is 32.2. The Bertz CT molecular complexity index is 395. The summed E-state index contributed by atoms with van der Waals surface area (Å²) < 4.78 is 24.4. The number of rotatable bonds is 6. The number of hydrogen-bond acceptors (Lipinski definition) is 4. The lowest BCUT2D eigenvalue weighted by atomic mass is 10.2. The van der Waals surface area contributed by atoms with Crippen molar-refractivity contribution < 1.29 is 17.4 Å². The highest BCUT2D eigenvalue weighted by Crippen LogP contribution is 1.97. The summed E-state index contributed by atoms with van der Waals surface area (Å²) in [5.41, 5.74) is 0.582. The van der Waals surface area contributed by atoms with E-state index >= 15 is 0 Å². The lowest BCUT2D eigenvalue weighted by molar-refractivity contribution is 0.0952. The first-order valence-electron chi connectivity index (χ1n) is 4.80. The number of hydrogen-bond donors (Lipinski definition) is 2. The van der Waals surface area contributed by atoms with Crippen LogP contribution in [0.5, 0.6) is 0 Å². The summed E-state index contributed by atoms with van der Waals surface area (Å²) in [5.74, 6) is -0.174. The van der Waals surface area contributed by atoms with Crippen LogP contribution in [0.3, 0.4) is 0 Å². The molecule has 0 fully saturated rings. The van der Waals surface area contributed by atoms with Gasteiger partial charge in [-0.05, 0) is 18.6 Å². The Balaban J connectivity index is 2.21. The Morgan fingerprint density at radius 1 is 1.25 bits per heavy atom. The average Bonchev–Trinajstić information content (AvgIpc) is 2.29. The molecule has 6 heteroatoms. The van der Waals surface area contributed by atoms with Crippen LogP contribution in [0.1, 0.15) is 16.8 Å². The van der Waals surface area contributed by atoms with Crippen molar-refractivity contribution in [1.29, 1.82) is 0 Å². The molecule has 0 radical (unpaired) electrons. The molecule has 0 aliphatic heterocycles. The maximum Gasteiger partial charge on any atom is 0.257 e. The normalized spacial score (nSPS) is 10.3. The molecule has 0 atom stereocenters. The van der Waals surface area contributed by atoms with E-state index < -0.39 is 11.0 Å². The van der Waals surface area contributed by atoms with Crippen molar-refractivity contribution in [1.82, 2.24) is 5.32 Å². The molecule has 1 rings (SSSR count). The Labute approximate surface area is 95.6 Å². The van der Waals surface area contributed by atoms with Gasteiger partial charge in [0.1, 0.15) is 0 Å². The van der Waals surface area contributed by atoms with Gasteiger partial charge in [0, 0.05) is 12.1 Å². The monoisotopic (exact) mass is 243 g/mol. The molecule has 1 amide bonds. The summed E-state index contributed by atoms with van der Waals surface area (Å²) in [7, 11) is -2.79. The third-order valence-corrected chi connectivity index (χ3v) is 2.23. The molecule has 1 aromatic carbocycles. The second-order valence-electron chi connectivity index (χ2n) is 3.03. The molecule has 0 saturated heterocycles.